The second-order valence-corrected chi connectivity index (χ2v) is 11.5. The number of nitrogens with one attached hydrogen (secondary N) is 2. The summed E-state index contributed by atoms with van der Waals surface area (Å²) in [5, 5.41) is 7.11. The summed E-state index contributed by atoms with van der Waals surface area (Å²) >= 11 is 0. The van der Waals surface area contributed by atoms with Crippen LogP contribution in [0.2, 0.25) is 0 Å². The molecule has 2 N–H and O–H groups in total. The molecular formula is C29H42N8O. The van der Waals surface area contributed by atoms with E-state index < -0.39 is 0 Å². The highest BCUT2D eigenvalue weighted by molar-refractivity contribution is 5.95. The van der Waals surface area contributed by atoms with Gasteiger partial charge in [0.25, 0.3) is 0 Å². The van der Waals surface area contributed by atoms with Crippen molar-refractivity contribution in [2.24, 2.45) is 0 Å². The molecule has 0 aliphatic carbocycles. The maximum atomic E-state index is 14.9. The van der Waals surface area contributed by atoms with Crippen molar-refractivity contribution in [3.8, 4) is 0 Å². The van der Waals surface area contributed by atoms with Crippen molar-refractivity contribution in [1.82, 2.24) is 30.4 Å². The summed E-state index contributed by atoms with van der Waals surface area (Å²) in [6.07, 6.45) is 5.62. The molecule has 0 bridgehead atoms. The van der Waals surface area contributed by atoms with E-state index in [1.807, 2.05) is 24.5 Å². The van der Waals surface area contributed by atoms with Crippen molar-refractivity contribution in [2.75, 3.05) is 75.2 Å². The summed E-state index contributed by atoms with van der Waals surface area (Å²) in [7, 11) is 0. The van der Waals surface area contributed by atoms with Crippen molar-refractivity contribution in [3.05, 3.63) is 47.8 Å². The van der Waals surface area contributed by atoms with Gasteiger partial charge in [-0.2, -0.15) is 0 Å². The second-order valence-electron chi connectivity index (χ2n) is 11.5. The van der Waals surface area contributed by atoms with Gasteiger partial charge in [0.15, 0.2) is 5.78 Å². The molecule has 2 saturated heterocycles. The first-order chi connectivity index (χ1) is 18.6. The number of anilines is 2. The van der Waals surface area contributed by atoms with Gasteiger partial charge in [0, 0.05) is 89.9 Å². The Morgan fingerprint density at radius 3 is 1.74 bits per heavy atom. The van der Waals surface area contributed by atoms with Crippen molar-refractivity contribution in [1.29, 1.82) is 0 Å². The first-order valence-corrected chi connectivity index (χ1v) is 14.4. The fourth-order valence-electron chi connectivity index (χ4n) is 6.82. The van der Waals surface area contributed by atoms with Crippen LogP contribution in [0.4, 0.5) is 11.6 Å². The number of carbonyl (C=O) groups is 1. The first kappa shape index (κ1) is 25.7. The molecule has 2 fully saturated rings. The number of Topliss-reactive ketones (excluding diaryl/α,β-unsaturated/α-hetero) is 1. The number of aromatic nitrogens is 2. The van der Waals surface area contributed by atoms with E-state index in [2.05, 4.69) is 56.2 Å². The summed E-state index contributed by atoms with van der Waals surface area (Å²) < 4.78 is 0. The first-order valence-electron chi connectivity index (χ1n) is 14.4. The van der Waals surface area contributed by atoms with Crippen molar-refractivity contribution in [2.45, 2.75) is 50.9 Å². The molecule has 204 valence electrons. The molecule has 0 amide bonds. The Kier molecular flexibility index (Phi) is 7.61. The number of piperazine rings is 2. The SMILES string of the molecule is C[C@@H]1CN(CC(C(=O)C(CN2CCN[C@H](C)C2)N2CCc3cccnc32)N2CCc3cccnc32)CCN1. The average molecular weight is 519 g/mol. The molecule has 9 nitrogen and oxygen atoms in total. The fraction of sp³-hybridized carbons (Fsp3) is 0.621. The molecule has 0 saturated carbocycles. The monoisotopic (exact) mass is 518 g/mol. The van der Waals surface area contributed by atoms with Gasteiger partial charge in [-0.15, -0.1) is 0 Å². The van der Waals surface area contributed by atoms with Crippen LogP contribution >= 0.6 is 0 Å². The van der Waals surface area contributed by atoms with Crippen molar-refractivity contribution >= 4 is 17.4 Å². The number of pyridine rings is 2. The zero-order valence-electron chi connectivity index (χ0n) is 22.9. The second kappa shape index (κ2) is 11.3. The van der Waals surface area contributed by atoms with Gasteiger partial charge in [-0.1, -0.05) is 12.1 Å². The molecule has 4 aliphatic heterocycles. The average Bonchev–Trinajstić information content (AvgIpc) is 3.55. The molecule has 6 rings (SSSR count). The zero-order chi connectivity index (χ0) is 26.1. The highest BCUT2D eigenvalue weighted by atomic mass is 16.1. The summed E-state index contributed by atoms with van der Waals surface area (Å²) in [5.74, 6) is 2.28. The minimum Gasteiger partial charge on any atom is -0.345 e. The topological polar surface area (TPSA) is 79.9 Å². The summed E-state index contributed by atoms with van der Waals surface area (Å²) in [6, 6.07) is 8.72. The van der Waals surface area contributed by atoms with E-state index in [9.17, 15) is 4.79 Å². The molecule has 4 aliphatic rings. The summed E-state index contributed by atoms with van der Waals surface area (Å²) in [6.45, 7) is 13.4. The lowest BCUT2D eigenvalue weighted by Crippen LogP contribution is -2.61. The Morgan fingerprint density at radius 1 is 0.816 bits per heavy atom. The van der Waals surface area contributed by atoms with Gasteiger partial charge in [0.05, 0.1) is 0 Å². The Morgan fingerprint density at radius 2 is 1.29 bits per heavy atom. The van der Waals surface area contributed by atoms with Gasteiger partial charge < -0.3 is 20.4 Å². The largest absolute Gasteiger partial charge is 0.345 e. The van der Waals surface area contributed by atoms with E-state index in [-0.39, 0.29) is 12.1 Å². The van der Waals surface area contributed by atoms with Gasteiger partial charge in [-0.3, -0.25) is 14.6 Å². The molecule has 4 atom stereocenters. The van der Waals surface area contributed by atoms with Gasteiger partial charge in [-0.05, 0) is 49.9 Å². The van der Waals surface area contributed by atoms with Crippen LogP contribution in [0.3, 0.4) is 0 Å². The van der Waals surface area contributed by atoms with Gasteiger partial charge in [0.2, 0.25) is 0 Å². The molecule has 6 heterocycles. The molecule has 0 aromatic carbocycles. The number of fused-ring (bicyclic) bond motifs is 2. The van der Waals surface area contributed by atoms with E-state index >= 15 is 0 Å². The lowest BCUT2D eigenvalue weighted by Gasteiger charge is -2.41. The Hall–Kier alpha value is -2.59. The van der Waals surface area contributed by atoms with E-state index in [1.165, 1.54) is 11.1 Å². The molecule has 2 unspecified atom stereocenters. The standard InChI is InChI=1S/C29H42N8O/c1-21-17-34(15-11-30-21)19-25(36-13-7-23-5-3-9-32-28(23)36)27(38)26(20-35-16-12-31-22(2)18-35)37-14-8-24-6-4-10-33-29(24)37/h3-6,9-10,21-22,25-26,30-31H,7-8,11-20H2,1-2H3/t21-,22-,25?,26?/m1/s1. The van der Waals surface area contributed by atoms with E-state index in [0.717, 1.165) is 89.9 Å². The van der Waals surface area contributed by atoms with Gasteiger partial charge >= 0.3 is 0 Å². The summed E-state index contributed by atoms with van der Waals surface area (Å²) in [4.78, 5) is 34.0. The molecule has 2 aromatic rings. The maximum Gasteiger partial charge on any atom is 0.180 e. The van der Waals surface area contributed by atoms with Crippen LogP contribution < -0.4 is 20.4 Å². The molecule has 0 radical (unpaired) electrons. The van der Waals surface area contributed by atoms with Crippen LogP contribution in [0.1, 0.15) is 25.0 Å². The smallest absolute Gasteiger partial charge is 0.180 e. The predicted molar refractivity (Wildman–Crippen MR) is 151 cm³/mol. The molecule has 0 spiro atoms. The highest BCUT2D eigenvalue weighted by Crippen LogP contribution is 2.32. The number of carbonyl (C=O) groups excluding carboxylic acids is 1. The number of rotatable bonds is 8. The lowest BCUT2D eigenvalue weighted by molar-refractivity contribution is -0.122. The third-order valence-electron chi connectivity index (χ3n) is 8.70. The normalized spacial score (nSPS) is 25.7. The molecule has 9 heteroatoms. The molecular weight excluding hydrogens is 476 g/mol. The van der Waals surface area contributed by atoms with Gasteiger partial charge in [-0.25, -0.2) is 9.97 Å². The number of hydrogen-bond donors (Lipinski definition) is 2. The van der Waals surface area contributed by atoms with Crippen molar-refractivity contribution in [3.63, 3.8) is 0 Å². The maximum absolute atomic E-state index is 14.9. The van der Waals surface area contributed by atoms with Crippen LogP contribution in [0.5, 0.6) is 0 Å². The number of nitrogens with zero attached hydrogens (tertiary/aromatic N) is 6. The zero-order valence-corrected chi connectivity index (χ0v) is 22.9. The Balaban J connectivity index is 1.33. The quantitative estimate of drug-likeness (QED) is 0.527. The number of hydrogen-bond acceptors (Lipinski definition) is 9. The minimum atomic E-state index is -0.241. The Labute approximate surface area is 226 Å². The van der Waals surface area contributed by atoms with Gasteiger partial charge in [0.1, 0.15) is 23.7 Å². The number of ketones is 1. The van der Waals surface area contributed by atoms with E-state index in [1.54, 1.807) is 0 Å². The van der Waals surface area contributed by atoms with Crippen LogP contribution in [-0.4, -0.2) is 115 Å². The predicted octanol–water partition coefficient (Wildman–Crippen LogP) is 0.796. The molecule has 2 aromatic heterocycles. The third kappa shape index (κ3) is 5.30. The highest BCUT2D eigenvalue weighted by Gasteiger charge is 2.42. The van der Waals surface area contributed by atoms with E-state index in [4.69, 9.17) is 9.97 Å². The fourth-order valence-corrected chi connectivity index (χ4v) is 6.82. The van der Waals surface area contributed by atoms with Crippen LogP contribution in [-0.2, 0) is 17.6 Å². The Bertz CT molecular complexity index is 1040. The lowest BCUT2D eigenvalue weighted by atomic mass is 9.99. The summed E-state index contributed by atoms with van der Waals surface area (Å²) in [5.41, 5.74) is 2.50. The van der Waals surface area contributed by atoms with Crippen LogP contribution in [0.25, 0.3) is 0 Å². The third-order valence-corrected chi connectivity index (χ3v) is 8.70. The van der Waals surface area contributed by atoms with Crippen molar-refractivity contribution < 1.29 is 4.79 Å². The minimum absolute atomic E-state index is 0.241. The molecule has 38 heavy (non-hydrogen) atoms. The van der Waals surface area contributed by atoms with Crippen LogP contribution in [0, 0.1) is 0 Å². The van der Waals surface area contributed by atoms with Crippen LogP contribution in [0.15, 0.2) is 36.7 Å². The van der Waals surface area contributed by atoms with E-state index in [0.29, 0.717) is 17.9 Å².